The Kier molecular flexibility index (Phi) is 10.2. The molecule has 0 aliphatic rings. The highest BCUT2D eigenvalue weighted by molar-refractivity contribution is 5.77. The molecule has 0 heterocycles. The lowest BCUT2D eigenvalue weighted by Crippen LogP contribution is -2.22. The number of benzene rings is 3. The van der Waals surface area contributed by atoms with Crippen LogP contribution in [-0.2, 0) is 9.47 Å². The normalized spacial score (nSPS) is 12.6. The molecule has 2 unspecified atom stereocenters. The maximum absolute atomic E-state index is 9.95. The molecule has 3 aromatic rings. The lowest BCUT2D eigenvalue weighted by Gasteiger charge is -2.26. The minimum atomic E-state index is -1.04. The number of rotatable bonds is 14. The van der Waals surface area contributed by atoms with Crippen LogP contribution in [0.15, 0.2) is 72.8 Å². The van der Waals surface area contributed by atoms with Crippen molar-refractivity contribution in [3.63, 3.8) is 0 Å². The number of aliphatic hydroxyl groups is 2. The number of hydrogen-bond donors (Lipinski definition) is 2. The molecule has 3 rings (SSSR count). The molecule has 2 N–H and O–H groups in total. The predicted molar refractivity (Wildman–Crippen MR) is 134 cm³/mol. The molecule has 0 spiro atoms. The number of nitrogens with zero attached hydrogens (tertiary/aromatic N) is 1. The third-order valence-corrected chi connectivity index (χ3v) is 4.99. The van der Waals surface area contributed by atoms with E-state index in [2.05, 4.69) is 4.90 Å². The summed E-state index contributed by atoms with van der Waals surface area (Å²) in [7, 11) is 1.63. The molecule has 0 bridgehead atoms. The van der Waals surface area contributed by atoms with E-state index >= 15 is 0 Å². The Balaban J connectivity index is 1.83. The van der Waals surface area contributed by atoms with Crippen LogP contribution in [0.2, 0.25) is 0 Å². The molecule has 35 heavy (non-hydrogen) atoms. The fraction of sp³-hybridized carbons (Fsp3) is 0.333. The first-order chi connectivity index (χ1) is 17.0. The number of aliphatic hydroxyl groups excluding tert-OH is 2. The lowest BCUT2D eigenvalue weighted by atomic mass is 10.2. The van der Waals surface area contributed by atoms with Crippen molar-refractivity contribution in [2.24, 2.45) is 0 Å². The Labute approximate surface area is 206 Å². The van der Waals surface area contributed by atoms with Gasteiger partial charge in [0.2, 0.25) is 12.6 Å². The van der Waals surface area contributed by atoms with E-state index in [0.29, 0.717) is 24.7 Å². The van der Waals surface area contributed by atoms with E-state index in [9.17, 15) is 10.2 Å². The zero-order valence-corrected chi connectivity index (χ0v) is 20.3. The third-order valence-electron chi connectivity index (χ3n) is 4.99. The van der Waals surface area contributed by atoms with Gasteiger partial charge in [-0.15, -0.1) is 0 Å². The van der Waals surface area contributed by atoms with Crippen LogP contribution in [0.3, 0.4) is 0 Å². The molecule has 0 saturated carbocycles. The van der Waals surface area contributed by atoms with Crippen molar-refractivity contribution in [2.45, 2.75) is 26.4 Å². The highest BCUT2D eigenvalue weighted by Gasteiger charge is 2.15. The van der Waals surface area contributed by atoms with Gasteiger partial charge in [-0.05, 0) is 86.6 Å². The van der Waals surface area contributed by atoms with Crippen LogP contribution in [0.4, 0.5) is 17.1 Å². The number of methoxy groups -OCH3 is 1. The molecule has 0 aliphatic carbocycles. The Morgan fingerprint density at radius 1 is 0.600 bits per heavy atom. The van der Waals surface area contributed by atoms with Crippen molar-refractivity contribution >= 4 is 17.1 Å². The second-order valence-corrected chi connectivity index (χ2v) is 7.49. The summed E-state index contributed by atoms with van der Waals surface area (Å²) >= 11 is 0. The lowest BCUT2D eigenvalue weighted by molar-refractivity contribution is -0.0751. The molecule has 0 radical (unpaired) electrons. The van der Waals surface area contributed by atoms with Crippen molar-refractivity contribution in [1.82, 2.24) is 0 Å². The Hall–Kier alpha value is -3.30. The molecular weight excluding hydrogens is 450 g/mol. The minimum Gasteiger partial charge on any atom is -0.497 e. The fourth-order valence-electron chi connectivity index (χ4n) is 3.35. The molecule has 3 aromatic carbocycles. The van der Waals surface area contributed by atoms with Crippen LogP contribution in [0.5, 0.6) is 17.2 Å². The summed E-state index contributed by atoms with van der Waals surface area (Å²) in [5, 5.41) is 19.9. The molecule has 0 saturated heterocycles. The number of anilines is 3. The van der Waals surface area contributed by atoms with Gasteiger partial charge in [-0.25, -0.2) is 0 Å². The first-order valence-electron chi connectivity index (χ1n) is 11.5. The van der Waals surface area contributed by atoms with E-state index in [1.807, 2.05) is 62.4 Å². The summed E-state index contributed by atoms with van der Waals surface area (Å²) in [6.45, 7) is 4.93. The molecule has 8 heteroatoms. The van der Waals surface area contributed by atoms with Crippen LogP contribution >= 0.6 is 0 Å². The van der Waals surface area contributed by atoms with E-state index in [4.69, 9.17) is 23.7 Å². The van der Waals surface area contributed by atoms with Gasteiger partial charge in [-0.2, -0.15) is 0 Å². The van der Waals surface area contributed by atoms with Crippen molar-refractivity contribution in [2.75, 3.05) is 38.4 Å². The van der Waals surface area contributed by atoms with Crippen LogP contribution in [0.1, 0.15) is 13.8 Å². The average molecular weight is 484 g/mol. The maximum atomic E-state index is 9.95. The smallest absolute Gasteiger partial charge is 0.221 e. The molecule has 0 fully saturated rings. The highest BCUT2D eigenvalue weighted by Crippen LogP contribution is 2.36. The van der Waals surface area contributed by atoms with Crippen LogP contribution in [-0.4, -0.2) is 56.3 Å². The summed E-state index contributed by atoms with van der Waals surface area (Å²) < 4.78 is 26.7. The Morgan fingerprint density at radius 3 is 1.26 bits per heavy atom. The second kappa shape index (κ2) is 13.6. The molecular formula is C27H33NO7. The topological polar surface area (TPSA) is 89.9 Å². The predicted octanol–water partition coefficient (Wildman–Crippen LogP) is 4.63. The largest absolute Gasteiger partial charge is 0.497 e. The average Bonchev–Trinajstić information content (AvgIpc) is 2.89. The molecule has 8 nitrogen and oxygen atoms in total. The fourth-order valence-corrected chi connectivity index (χ4v) is 3.35. The molecule has 0 aromatic heterocycles. The summed E-state index contributed by atoms with van der Waals surface area (Å²) in [5.41, 5.74) is 2.68. The molecule has 2 atom stereocenters. The summed E-state index contributed by atoms with van der Waals surface area (Å²) in [6.07, 6.45) is -2.08. The summed E-state index contributed by atoms with van der Waals surface area (Å²) in [5.74, 6) is 1.82. The van der Waals surface area contributed by atoms with Crippen molar-refractivity contribution < 1.29 is 33.9 Å². The second-order valence-electron chi connectivity index (χ2n) is 7.49. The highest BCUT2D eigenvalue weighted by atomic mass is 16.6. The third kappa shape index (κ3) is 7.87. The molecule has 188 valence electrons. The van der Waals surface area contributed by atoms with E-state index in [0.717, 1.165) is 22.8 Å². The monoisotopic (exact) mass is 483 g/mol. The van der Waals surface area contributed by atoms with Crippen LogP contribution in [0, 0.1) is 0 Å². The summed E-state index contributed by atoms with van der Waals surface area (Å²) in [6, 6.07) is 22.5. The zero-order chi connectivity index (χ0) is 25.0. The molecule has 0 aliphatic heterocycles. The first kappa shape index (κ1) is 26.3. The first-order valence-corrected chi connectivity index (χ1v) is 11.5. The minimum absolute atomic E-state index is 0.101. The van der Waals surface area contributed by atoms with Crippen LogP contribution < -0.4 is 19.1 Å². The van der Waals surface area contributed by atoms with Gasteiger partial charge in [-0.1, -0.05) is 0 Å². The van der Waals surface area contributed by atoms with Gasteiger partial charge >= 0.3 is 0 Å². The van der Waals surface area contributed by atoms with E-state index in [1.165, 1.54) is 0 Å². The van der Waals surface area contributed by atoms with E-state index in [1.54, 1.807) is 31.4 Å². The van der Waals surface area contributed by atoms with Gasteiger partial charge < -0.3 is 38.8 Å². The van der Waals surface area contributed by atoms with Crippen molar-refractivity contribution in [1.29, 1.82) is 0 Å². The number of ether oxygens (including phenoxy) is 5. The van der Waals surface area contributed by atoms with Gasteiger partial charge in [0.1, 0.15) is 30.5 Å². The van der Waals surface area contributed by atoms with Crippen molar-refractivity contribution in [3.05, 3.63) is 72.8 Å². The number of hydrogen-bond acceptors (Lipinski definition) is 8. The zero-order valence-electron chi connectivity index (χ0n) is 20.3. The van der Waals surface area contributed by atoms with Crippen molar-refractivity contribution in [3.8, 4) is 17.2 Å². The quantitative estimate of drug-likeness (QED) is 0.321. The Morgan fingerprint density at radius 2 is 0.943 bits per heavy atom. The van der Waals surface area contributed by atoms with Gasteiger partial charge in [0.15, 0.2) is 0 Å². The van der Waals surface area contributed by atoms with Gasteiger partial charge in [0, 0.05) is 30.3 Å². The molecule has 0 amide bonds. The van der Waals surface area contributed by atoms with Gasteiger partial charge in [-0.3, -0.25) is 0 Å². The Bertz CT molecular complexity index is 934. The van der Waals surface area contributed by atoms with E-state index < -0.39 is 12.6 Å². The van der Waals surface area contributed by atoms with Crippen LogP contribution in [0.25, 0.3) is 0 Å². The van der Waals surface area contributed by atoms with E-state index in [-0.39, 0.29) is 13.2 Å². The maximum Gasteiger partial charge on any atom is 0.221 e. The SMILES string of the molecule is CCOCC(O)Oc1ccc(N(c2ccc(OC)cc2)c2ccc(OC(O)COCC)cc2)cc1. The van der Waals surface area contributed by atoms with Gasteiger partial charge in [0.05, 0.1) is 7.11 Å². The summed E-state index contributed by atoms with van der Waals surface area (Å²) in [4.78, 5) is 2.06. The van der Waals surface area contributed by atoms with Gasteiger partial charge in [0.25, 0.3) is 0 Å². The standard InChI is InChI=1S/C27H33NO7/c1-4-32-18-26(29)34-24-14-8-21(9-15-24)28(20-6-12-23(31-3)13-7-20)22-10-16-25(17-11-22)35-27(30)19-33-5-2/h6-17,26-27,29-30H,4-5,18-19H2,1-3H3.